The van der Waals surface area contributed by atoms with Gasteiger partial charge in [0.05, 0.1) is 0 Å². The summed E-state index contributed by atoms with van der Waals surface area (Å²) in [5.74, 6) is 0.944. The molecule has 1 aliphatic carbocycles. The Kier molecular flexibility index (Phi) is 2.94. The number of hydrogen-bond donors (Lipinski definition) is 1. The van der Waals surface area contributed by atoms with Gasteiger partial charge in [0.15, 0.2) is 0 Å². The molecule has 1 N–H and O–H groups in total. The number of hydrogen-bond acceptors (Lipinski definition) is 3. The highest BCUT2D eigenvalue weighted by molar-refractivity contribution is 7.10. The zero-order valence-electron chi connectivity index (χ0n) is 10.9. The summed E-state index contributed by atoms with van der Waals surface area (Å²) in [5, 5.41) is 6.28. The molecule has 4 heterocycles. The van der Waals surface area contributed by atoms with E-state index < -0.39 is 0 Å². The first-order valence-electron chi connectivity index (χ1n) is 7.45. The maximum absolute atomic E-state index is 4.00. The quantitative estimate of drug-likeness (QED) is 0.881. The lowest BCUT2D eigenvalue weighted by Crippen LogP contribution is -2.56. The van der Waals surface area contributed by atoms with Crippen molar-refractivity contribution < 1.29 is 0 Å². The van der Waals surface area contributed by atoms with Crippen LogP contribution in [0.2, 0.25) is 0 Å². The molecule has 0 amide bonds. The van der Waals surface area contributed by atoms with Crippen molar-refractivity contribution in [3.8, 4) is 0 Å². The van der Waals surface area contributed by atoms with Gasteiger partial charge in [-0.15, -0.1) is 11.3 Å². The molecule has 5 rings (SSSR count). The molecule has 3 heteroatoms. The van der Waals surface area contributed by atoms with E-state index >= 15 is 0 Å². The minimum absolute atomic E-state index is 0.644. The Morgan fingerprint density at radius 1 is 1.22 bits per heavy atom. The third-order valence-corrected chi connectivity index (χ3v) is 6.12. The zero-order valence-corrected chi connectivity index (χ0v) is 11.7. The zero-order chi connectivity index (χ0) is 11.9. The Bertz CT molecular complexity index is 420. The molecule has 18 heavy (non-hydrogen) atoms. The molecule has 0 radical (unpaired) electrons. The normalized spacial score (nSPS) is 38.7. The summed E-state index contributed by atoms with van der Waals surface area (Å²) in [6.45, 7) is 3.98. The number of aryl methyl sites for hydroxylation is 1. The van der Waals surface area contributed by atoms with Crippen LogP contribution in [0.1, 0.15) is 42.2 Å². The molecule has 0 spiro atoms. The van der Waals surface area contributed by atoms with Crippen LogP contribution in [-0.4, -0.2) is 30.6 Å². The van der Waals surface area contributed by atoms with Gasteiger partial charge < -0.3 is 10.2 Å². The molecule has 2 atom stereocenters. The van der Waals surface area contributed by atoms with Gasteiger partial charge in [0, 0.05) is 23.5 Å². The molecule has 0 saturated carbocycles. The average molecular weight is 262 g/mol. The third kappa shape index (κ3) is 1.93. The second-order valence-electron chi connectivity index (χ2n) is 6.16. The highest BCUT2D eigenvalue weighted by atomic mass is 32.1. The topological polar surface area (TPSA) is 15.3 Å². The number of thiophene rings is 1. The predicted octanol–water partition coefficient (Wildman–Crippen LogP) is 2.81. The molecule has 1 aromatic rings. The van der Waals surface area contributed by atoms with Crippen LogP contribution in [0, 0.1) is 5.92 Å². The molecular weight excluding hydrogens is 240 g/mol. The fourth-order valence-corrected chi connectivity index (χ4v) is 5.06. The van der Waals surface area contributed by atoms with Crippen molar-refractivity contribution in [3.63, 3.8) is 0 Å². The van der Waals surface area contributed by atoms with Gasteiger partial charge in [0.25, 0.3) is 0 Å². The molecule has 0 aromatic carbocycles. The number of piperidine rings is 3. The smallest absolute Gasteiger partial charge is 0.0334 e. The fourth-order valence-electron chi connectivity index (χ4n) is 4.07. The van der Waals surface area contributed by atoms with Gasteiger partial charge >= 0.3 is 0 Å². The van der Waals surface area contributed by atoms with E-state index in [0.29, 0.717) is 6.04 Å². The van der Waals surface area contributed by atoms with Gasteiger partial charge in [0.2, 0.25) is 0 Å². The summed E-state index contributed by atoms with van der Waals surface area (Å²) < 4.78 is 0. The monoisotopic (exact) mass is 262 g/mol. The van der Waals surface area contributed by atoms with Crippen molar-refractivity contribution >= 4 is 11.3 Å². The minimum atomic E-state index is 0.644. The highest BCUT2D eigenvalue weighted by Gasteiger charge is 2.35. The SMILES string of the molecule is c1cc2c(s1)CCCC2NC1CN2CCC1CC2. The molecule has 4 aliphatic rings. The number of nitrogens with one attached hydrogen (secondary N) is 1. The molecule has 3 fully saturated rings. The summed E-state index contributed by atoms with van der Waals surface area (Å²) in [6, 6.07) is 3.76. The van der Waals surface area contributed by atoms with Gasteiger partial charge in [0.1, 0.15) is 0 Å². The van der Waals surface area contributed by atoms with Crippen molar-refractivity contribution in [1.82, 2.24) is 10.2 Å². The Labute approximate surface area is 113 Å². The van der Waals surface area contributed by atoms with E-state index in [9.17, 15) is 0 Å². The maximum atomic E-state index is 4.00. The summed E-state index contributed by atoms with van der Waals surface area (Å²) in [5.41, 5.74) is 1.61. The minimum Gasteiger partial charge on any atom is -0.306 e. The first-order valence-corrected chi connectivity index (χ1v) is 8.33. The lowest BCUT2D eigenvalue weighted by Gasteiger charge is -2.46. The lowest BCUT2D eigenvalue weighted by molar-refractivity contribution is 0.0657. The first-order chi connectivity index (χ1) is 8.90. The molecule has 2 unspecified atom stereocenters. The Balaban J connectivity index is 1.50. The van der Waals surface area contributed by atoms with Gasteiger partial charge in [-0.25, -0.2) is 0 Å². The van der Waals surface area contributed by atoms with Crippen molar-refractivity contribution in [2.75, 3.05) is 19.6 Å². The Morgan fingerprint density at radius 2 is 2.11 bits per heavy atom. The molecule has 2 bridgehead atoms. The summed E-state index contributed by atoms with van der Waals surface area (Å²) in [6.07, 6.45) is 6.85. The van der Waals surface area contributed by atoms with E-state index in [1.165, 1.54) is 51.7 Å². The molecule has 2 nitrogen and oxygen atoms in total. The average Bonchev–Trinajstić information content (AvgIpc) is 2.90. The Morgan fingerprint density at radius 3 is 2.89 bits per heavy atom. The van der Waals surface area contributed by atoms with Gasteiger partial charge in [-0.2, -0.15) is 0 Å². The second kappa shape index (κ2) is 4.62. The lowest BCUT2D eigenvalue weighted by atomic mass is 9.82. The van der Waals surface area contributed by atoms with Crippen LogP contribution in [0.25, 0.3) is 0 Å². The molecule has 3 saturated heterocycles. The van der Waals surface area contributed by atoms with Crippen molar-refractivity contribution in [1.29, 1.82) is 0 Å². The number of fused-ring (bicyclic) bond motifs is 4. The third-order valence-electron chi connectivity index (χ3n) is 5.12. The van der Waals surface area contributed by atoms with E-state index in [1.807, 2.05) is 11.3 Å². The second-order valence-corrected chi connectivity index (χ2v) is 7.16. The van der Waals surface area contributed by atoms with E-state index in [0.717, 1.165) is 12.0 Å². The summed E-state index contributed by atoms with van der Waals surface area (Å²) in [4.78, 5) is 4.29. The van der Waals surface area contributed by atoms with Crippen LogP contribution in [0.5, 0.6) is 0 Å². The molecule has 98 valence electrons. The van der Waals surface area contributed by atoms with E-state index in [2.05, 4.69) is 21.7 Å². The van der Waals surface area contributed by atoms with Gasteiger partial charge in [-0.1, -0.05) is 0 Å². The van der Waals surface area contributed by atoms with Crippen molar-refractivity contribution in [2.24, 2.45) is 5.92 Å². The van der Waals surface area contributed by atoms with Crippen LogP contribution in [0.3, 0.4) is 0 Å². The Hall–Kier alpha value is -0.380. The first kappa shape index (κ1) is 11.4. The maximum Gasteiger partial charge on any atom is 0.0334 e. The number of nitrogens with zero attached hydrogens (tertiary/aromatic N) is 1. The van der Waals surface area contributed by atoms with E-state index in [1.54, 1.807) is 10.4 Å². The molecular formula is C15H22N2S. The van der Waals surface area contributed by atoms with Crippen LogP contribution in [0.15, 0.2) is 11.4 Å². The van der Waals surface area contributed by atoms with Crippen molar-refractivity contribution in [2.45, 2.75) is 44.2 Å². The number of rotatable bonds is 2. The standard InChI is InChI=1S/C15H22N2S/c1-2-13(12-6-9-18-15(12)3-1)16-14-10-17-7-4-11(14)5-8-17/h6,9,11,13-14,16H,1-5,7-8,10H2. The van der Waals surface area contributed by atoms with Crippen LogP contribution in [-0.2, 0) is 6.42 Å². The molecule has 3 aliphatic heterocycles. The largest absolute Gasteiger partial charge is 0.306 e. The van der Waals surface area contributed by atoms with Crippen LogP contribution in [0.4, 0.5) is 0 Å². The van der Waals surface area contributed by atoms with Crippen LogP contribution < -0.4 is 5.32 Å². The van der Waals surface area contributed by atoms with E-state index in [4.69, 9.17) is 0 Å². The van der Waals surface area contributed by atoms with E-state index in [-0.39, 0.29) is 0 Å². The summed E-state index contributed by atoms with van der Waals surface area (Å²) >= 11 is 1.96. The van der Waals surface area contributed by atoms with Gasteiger partial charge in [-0.05, 0) is 68.1 Å². The highest BCUT2D eigenvalue weighted by Crippen LogP contribution is 2.36. The molecule has 1 aromatic heterocycles. The van der Waals surface area contributed by atoms with Crippen LogP contribution >= 0.6 is 11.3 Å². The van der Waals surface area contributed by atoms with Gasteiger partial charge in [-0.3, -0.25) is 0 Å². The van der Waals surface area contributed by atoms with Crippen molar-refractivity contribution in [3.05, 3.63) is 21.9 Å². The summed E-state index contributed by atoms with van der Waals surface area (Å²) in [7, 11) is 0. The fraction of sp³-hybridized carbons (Fsp3) is 0.733. The predicted molar refractivity (Wildman–Crippen MR) is 76.1 cm³/mol.